The van der Waals surface area contributed by atoms with Gasteiger partial charge in [0.05, 0.1) is 6.42 Å². The molecule has 1 saturated carbocycles. The summed E-state index contributed by atoms with van der Waals surface area (Å²) in [4.78, 5) is 25.5. The maximum Gasteiger partial charge on any atom is 0.329 e. The van der Waals surface area contributed by atoms with Crippen molar-refractivity contribution in [3.63, 3.8) is 0 Å². The molecule has 0 bridgehead atoms. The molecule has 1 aliphatic rings. The molecule has 2 rings (SSSR count). The van der Waals surface area contributed by atoms with Crippen molar-refractivity contribution in [2.75, 3.05) is 19.0 Å². The quantitative estimate of drug-likeness (QED) is 0.867. The number of carboxylic acids is 1. The Kier molecular flexibility index (Phi) is 4.50. The van der Waals surface area contributed by atoms with Crippen LogP contribution < -0.4 is 10.2 Å². The van der Waals surface area contributed by atoms with Gasteiger partial charge in [0.1, 0.15) is 5.54 Å². The SMILES string of the molecule is CN(C)c1ccc(CC(=O)NC2(C(=O)O)CCCC2)cc1. The van der Waals surface area contributed by atoms with Crippen LogP contribution in [0.4, 0.5) is 5.69 Å². The molecule has 1 fully saturated rings. The summed E-state index contributed by atoms with van der Waals surface area (Å²) >= 11 is 0. The number of hydrogen-bond acceptors (Lipinski definition) is 3. The molecule has 2 N–H and O–H groups in total. The van der Waals surface area contributed by atoms with Crippen LogP contribution in [0.5, 0.6) is 0 Å². The van der Waals surface area contributed by atoms with E-state index in [1.54, 1.807) is 0 Å². The largest absolute Gasteiger partial charge is 0.480 e. The number of aliphatic carboxylic acids is 1. The molecule has 0 heterocycles. The molecule has 5 heteroatoms. The Morgan fingerprint density at radius 2 is 1.76 bits per heavy atom. The van der Waals surface area contributed by atoms with Crippen LogP contribution >= 0.6 is 0 Å². The molecule has 5 nitrogen and oxygen atoms in total. The summed E-state index contributed by atoms with van der Waals surface area (Å²) in [5.41, 5.74) is 0.898. The highest BCUT2D eigenvalue weighted by Gasteiger charge is 2.42. The fourth-order valence-corrected chi connectivity index (χ4v) is 2.78. The van der Waals surface area contributed by atoms with Gasteiger partial charge in [-0.2, -0.15) is 0 Å². The summed E-state index contributed by atoms with van der Waals surface area (Å²) in [6.07, 6.45) is 2.96. The van der Waals surface area contributed by atoms with E-state index in [0.717, 1.165) is 24.1 Å². The summed E-state index contributed by atoms with van der Waals surface area (Å²) < 4.78 is 0. The molecule has 1 amide bonds. The molecule has 0 aliphatic heterocycles. The van der Waals surface area contributed by atoms with E-state index < -0.39 is 11.5 Å². The predicted molar refractivity (Wildman–Crippen MR) is 81.5 cm³/mol. The molecule has 0 unspecified atom stereocenters. The van der Waals surface area contributed by atoms with Crippen molar-refractivity contribution in [3.05, 3.63) is 29.8 Å². The Hall–Kier alpha value is -2.04. The monoisotopic (exact) mass is 290 g/mol. The summed E-state index contributed by atoms with van der Waals surface area (Å²) in [6, 6.07) is 7.70. The fraction of sp³-hybridized carbons (Fsp3) is 0.500. The normalized spacial score (nSPS) is 16.5. The van der Waals surface area contributed by atoms with Gasteiger partial charge in [-0.05, 0) is 30.5 Å². The van der Waals surface area contributed by atoms with E-state index in [0.29, 0.717) is 12.8 Å². The highest BCUT2D eigenvalue weighted by atomic mass is 16.4. The third kappa shape index (κ3) is 3.54. The van der Waals surface area contributed by atoms with E-state index in [2.05, 4.69) is 5.32 Å². The van der Waals surface area contributed by atoms with Crippen LogP contribution in [-0.2, 0) is 16.0 Å². The zero-order chi connectivity index (χ0) is 15.5. The second kappa shape index (κ2) is 6.16. The second-order valence-electron chi connectivity index (χ2n) is 5.88. The van der Waals surface area contributed by atoms with Gasteiger partial charge in [0.2, 0.25) is 5.91 Å². The lowest BCUT2D eigenvalue weighted by Crippen LogP contribution is -2.52. The molecule has 0 atom stereocenters. The third-order valence-electron chi connectivity index (χ3n) is 4.06. The molecule has 1 aliphatic carbocycles. The van der Waals surface area contributed by atoms with Crippen LogP contribution in [0.2, 0.25) is 0 Å². The molecule has 1 aromatic rings. The van der Waals surface area contributed by atoms with Crippen LogP contribution in [-0.4, -0.2) is 36.6 Å². The first-order valence-corrected chi connectivity index (χ1v) is 7.24. The number of carbonyl (C=O) groups excluding carboxylic acids is 1. The van der Waals surface area contributed by atoms with E-state index in [9.17, 15) is 14.7 Å². The van der Waals surface area contributed by atoms with Gasteiger partial charge in [0, 0.05) is 19.8 Å². The minimum absolute atomic E-state index is 0.211. The molecule has 0 radical (unpaired) electrons. The zero-order valence-corrected chi connectivity index (χ0v) is 12.6. The molecule has 21 heavy (non-hydrogen) atoms. The molecule has 114 valence electrons. The van der Waals surface area contributed by atoms with Crippen molar-refractivity contribution in [2.45, 2.75) is 37.6 Å². The van der Waals surface area contributed by atoms with Crippen LogP contribution in [0, 0.1) is 0 Å². The van der Waals surface area contributed by atoms with Gasteiger partial charge in [-0.3, -0.25) is 4.79 Å². The van der Waals surface area contributed by atoms with Crippen LogP contribution in [0.3, 0.4) is 0 Å². The van der Waals surface area contributed by atoms with Gasteiger partial charge in [-0.15, -0.1) is 0 Å². The van der Waals surface area contributed by atoms with Crippen molar-refractivity contribution in [1.82, 2.24) is 5.32 Å². The van der Waals surface area contributed by atoms with Crippen molar-refractivity contribution >= 4 is 17.6 Å². The van der Waals surface area contributed by atoms with E-state index in [4.69, 9.17) is 0 Å². The predicted octanol–water partition coefficient (Wildman–Crippen LogP) is 1.81. The number of carbonyl (C=O) groups is 2. The van der Waals surface area contributed by atoms with E-state index in [1.807, 2.05) is 43.3 Å². The lowest BCUT2D eigenvalue weighted by atomic mass is 9.97. The minimum atomic E-state index is -1.05. The smallest absolute Gasteiger partial charge is 0.329 e. The van der Waals surface area contributed by atoms with E-state index in [1.165, 1.54) is 0 Å². The summed E-state index contributed by atoms with van der Waals surface area (Å²) in [7, 11) is 3.91. The van der Waals surface area contributed by atoms with Crippen molar-refractivity contribution in [2.24, 2.45) is 0 Å². The van der Waals surface area contributed by atoms with Crippen molar-refractivity contribution in [3.8, 4) is 0 Å². The maximum atomic E-state index is 12.1. The highest BCUT2D eigenvalue weighted by molar-refractivity contribution is 5.88. The standard InChI is InChI=1S/C16H22N2O3/c1-18(2)13-7-5-12(6-8-13)11-14(19)17-16(15(20)21)9-3-4-10-16/h5-8H,3-4,9-11H2,1-2H3,(H,17,19)(H,20,21). The number of anilines is 1. The lowest BCUT2D eigenvalue weighted by Gasteiger charge is -2.25. The van der Waals surface area contributed by atoms with E-state index >= 15 is 0 Å². The van der Waals surface area contributed by atoms with Gasteiger partial charge < -0.3 is 15.3 Å². The van der Waals surface area contributed by atoms with Crippen LogP contribution in [0.1, 0.15) is 31.2 Å². The first-order valence-electron chi connectivity index (χ1n) is 7.24. The van der Waals surface area contributed by atoms with Crippen molar-refractivity contribution in [1.29, 1.82) is 0 Å². The number of carboxylic acid groups (broad SMARTS) is 1. The zero-order valence-electron chi connectivity index (χ0n) is 12.6. The average Bonchev–Trinajstić information content (AvgIpc) is 2.89. The Morgan fingerprint density at radius 3 is 2.24 bits per heavy atom. The fourth-order valence-electron chi connectivity index (χ4n) is 2.78. The van der Waals surface area contributed by atoms with Gasteiger partial charge in [0.25, 0.3) is 0 Å². The molecule has 0 spiro atoms. The number of rotatable bonds is 5. The number of benzene rings is 1. The number of amides is 1. The molecule has 0 aromatic heterocycles. The molecular weight excluding hydrogens is 268 g/mol. The third-order valence-corrected chi connectivity index (χ3v) is 4.06. The Labute approximate surface area is 125 Å². The van der Waals surface area contributed by atoms with Gasteiger partial charge in [0.15, 0.2) is 0 Å². The van der Waals surface area contributed by atoms with Gasteiger partial charge in [-0.25, -0.2) is 4.79 Å². The number of hydrogen-bond donors (Lipinski definition) is 2. The van der Waals surface area contributed by atoms with Gasteiger partial charge >= 0.3 is 5.97 Å². The molecule has 0 saturated heterocycles. The highest BCUT2D eigenvalue weighted by Crippen LogP contribution is 2.30. The number of nitrogens with one attached hydrogen (secondary N) is 1. The Balaban J connectivity index is 1.99. The van der Waals surface area contributed by atoms with Gasteiger partial charge in [-0.1, -0.05) is 25.0 Å². The average molecular weight is 290 g/mol. The topological polar surface area (TPSA) is 69.6 Å². The first kappa shape index (κ1) is 15.4. The van der Waals surface area contributed by atoms with Crippen molar-refractivity contribution < 1.29 is 14.7 Å². The molecule has 1 aromatic carbocycles. The summed E-state index contributed by atoms with van der Waals surface area (Å²) in [6.45, 7) is 0. The summed E-state index contributed by atoms with van der Waals surface area (Å²) in [5, 5.41) is 12.1. The molecular formula is C16H22N2O3. The van der Waals surface area contributed by atoms with Crippen LogP contribution in [0.25, 0.3) is 0 Å². The maximum absolute atomic E-state index is 12.1. The van der Waals surface area contributed by atoms with E-state index in [-0.39, 0.29) is 12.3 Å². The van der Waals surface area contributed by atoms with Crippen LogP contribution in [0.15, 0.2) is 24.3 Å². The second-order valence-corrected chi connectivity index (χ2v) is 5.88. The Bertz CT molecular complexity index is 517. The number of nitrogens with zero attached hydrogens (tertiary/aromatic N) is 1. The first-order chi connectivity index (χ1) is 9.93. The summed E-state index contributed by atoms with van der Waals surface area (Å²) in [5.74, 6) is -1.15. The minimum Gasteiger partial charge on any atom is -0.480 e. The lowest BCUT2D eigenvalue weighted by molar-refractivity contribution is -0.147. The Morgan fingerprint density at radius 1 is 1.19 bits per heavy atom.